The van der Waals surface area contributed by atoms with Crippen molar-refractivity contribution < 1.29 is 0 Å². The predicted octanol–water partition coefficient (Wildman–Crippen LogP) is 2.93. The van der Waals surface area contributed by atoms with Crippen LogP contribution >= 0.6 is 11.3 Å². The van der Waals surface area contributed by atoms with E-state index in [1.165, 1.54) is 69.7 Å². The van der Waals surface area contributed by atoms with Crippen LogP contribution in [0.3, 0.4) is 0 Å². The zero-order valence-electron chi connectivity index (χ0n) is 16.3. The number of hydrogen-bond donors (Lipinski definition) is 2. The summed E-state index contributed by atoms with van der Waals surface area (Å²) in [4.78, 5) is 11.6. The molecule has 5 nitrogen and oxygen atoms in total. The van der Waals surface area contributed by atoms with Crippen molar-refractivity contribution in [2.24, 2.45) is 4.99 Å². The molecule has 26 heavy (non-hydrogen) atoms. The average Bonchev–Trinajstić information content (AvgIpc) is 3.42. The highest BCUT2D eigenvalue weighted by molar-refractivity contribution is 7.10. The molecule has 0 aliphatic carbocycles. The first-order valence-electron chi connectivity index (χ1n) is 10.4. The normalized spacial score (nSPS) is 20.6. The van der Waals surface area contributed by atoms with Crippen LogP contribution in [0, 0.1) is 0 Å². The second kappa shape index (κ2) is 10.9. The van der Waals surface area contributed by atoms with Gasteiger partial charge < -0.3 is 15.5 Å². The zero-order chi connectivity index (χ0) is 18.0. The Labute approximate surface area is 162 Å². The standard InChI is InChI=1S/C20H35N5S/c1-2-21-20(22-10-8-13-24-11-3-4-12-24)23-17-18(19-9-7-16-26-19)25-14-5-6-15-25/h7,9,16,18H,2-6,8,10-15,17H2,1H3,(H2,21,22,23). The van der Waals surface area contributed by atoms with Gasteiger partial charge in [0.15, 0.2) is 5.96 Å². The summed E-state index contributed by atoms with van der Waals surface area (Å²) < 4.78 is 0. The highest BCUT2D eigenvalue weighted by Crippen LogP contribution is 2.28. The lowest BCUT2D eigenvalue weighted by molar-refractivity contribution is 0.255. The maximum atomic E-state index is 4.93. The summed E-state index contributed by atoms with van der Waals surface area (Å²) >= 11 is 1.86. The van der Waals surface area contributed by atoms with E-state index >= 15 is 0 Å². The third-order valence-electron chi connectivity index (χ3n) is 5.36. The van der Waals surface area contributed by atoms with Gasteiger partial charge in [-0.2, -0.15) is 0 Å². The second-order valence-electron chi connectivity index (χ2n) is 7.32. The molecule has 2 aliphatic rings. The first-order valence-corrected chi connectivity index (χ1v) is 11.3. The number of guanidine groups is 1. The van der Waals surface area contributed by atoms with Crippen molar-refractivity contribution in [1.82, 2.24) is 20.4 Å². The number of nitrogens with one attached hydrogen (secondary N) is 2. The van der Waals surface area contributed by atoms with E-state index in [0.29, 0.717) is 6.04 Å². The Morgan fingerprint density at radius 2 is 1.92 bits per heavy atom. The van der Waals surface area contributed by atoms with Crippen molar-refractivity contribution in [3.63, 3.8) is 0 Å². The van der Waals surface area contributed by atoms with Crippen LogP contribution in [-0.2, 0) is 0 Å². The minimum atomic E-state index is 0.428. The Morgan fingerprint density at radius 1 is 1.15 bits per heavy atom. The number of nitrogens with zero attached hydrogens (tertiary/aromatic N) is 3. The quantitative estimate of drug-likeness (QED) is 0.394. The zero-order valence-corrected chi connectivity index (χ0v) is 17.1. The molecule has 2 saturated heterocycles. The summed E-state index contributed by atoms with van der Waals surface area (Å²) in [6, 6.07) is 4.85. The fourth-order valence-electron chi connectivity index (χ4n) is 3.95. The first-order chi connectivity index (χ1) is 12.9. The fourth-order valence-corrected chi connectivity index (χ4v) is 4.81. The van der Waals surface area contributed by atoms with E-state index in [1.807, 2.05) is 11.3 Å². The maximum absolute atomic E-state index is 4.93. The third-order valence-corrected chi connectivity index (χ3v) is 6.34. The molecule has 1 aromatic heterocycles. The summed E-state index contributed by atoms with van der Waals surface area (Å²) in [5, 5.41) is 9.13. The van der Waals surface area contributed by atoms with Crippen molar-refractivity contribution in [3.8, 4) is 0 Å². The fraction of sp³-hybridized carbons (Fsp3) is 0.750. The molecule has 0 saturated carbocycles. The Balaban J connectivity index is 1.50. The lowest BCUT2D eigenvalue weighted by Gasteiger charge is -2.25. The van der Waals surface area contributed by atoms with Crippen molar-refractivity contribution in [2.45, 2.75) is 45.1 Å². The second-order valence-corrected chi connectivity index (χ2v) is 8.30. The minimum Gasteiger partial charge on any atom is -0.357 e. The van der Waals surface area contributed by atoms with Crippen LogP contribution < -0.4 is 10.6 Å². The van der Waals surface area contributed by atoms with E-state index in [1.54, 1.807) is 0 Å². The predicted molar refractivity (Wildman–Crippen MR) is 112 cm³/mol. The highest BCUT2D eigenvalue weighted by Gasteiger charge is 2.24. The molecule has 3 heterocycles. The molecule has 146 valence electrons. The van der Waals surface area contributed by atoms with Crippen molar-refractivity contribution in [1.29, 1.82) is 0 Å². The van der Waals surface area contributed by atoms with Gasteiger partial charge in [0.2, 0.25) is 0 Å². The smallest absolute Gasteiger partial charge is 0.191 e. The first kappa shape index (κ1) is 19.6. The summed E-state index contributed by atoms with van der Waals surface area (Å²) in [5.41, 5.74) is 0. The molecule has 3 rings (SSSR count). The van der Waals surface area contributed by atoms with Gasteiger partial charge in [-0.3, -0.25) is 9.89 Å². The highest BCUT2D eigenvalue weighted by atomic mass is 32.1. The van der Waals surface area contributed by atoms with Crippen LogP contribution in [0.15, 0.2) is 22.5 Å². The van der Waals surface area contributed by atoms with Gasteiger partial charge >= 0.3 is 0 Å². The maximum Gasteiger partial charge on any atom is 0.191 e. The van der Waals surface area contributed by atoms with E-state index < -0.39 is 0 Å². The molecule has 1 unspecified atom stereocenters. The van der Waals surface area contributed by atoms with Gasteiger partial charge in [-0.05, 0) is 83.2 Å². The van der Waals surface area contributed by atoms with Crippen LogP contribution in [0.5, 0.6) is 0 Å². The molecule has 6 heteroatoms. The van der Waals surface area contributed by atoms with Crippen molar-refractivity contribution in [3.05, 3.63) is 22.4 Å². The van der Waals surface area contributed by atoms with Crippen LogP contribution in [0.2, 0.25) is 0 Å². The van der Waals surface area contributed by atoms with E-state index in [4.69, 9.17) is 4.99 Å². The Hall–Kier alpha value is -1.11. The number of rotatable bonds is 9. The lowest BCUT2D eigenvalue weighted by Crippen LogP contribution is -2.39. The molecule has 0 amide bonds. The van der Waals surface area contributed by atoms with Crippen molar-refractivity contribution >= 4 is 17.3 Å². The molecular weight excluding hydrogens is 342 g/mol. The molecule has 0 bridgehead atoms. The summed E-state index contributed by atoms with van der Waals surface area (Å²) in [5.74, 6) is 0.967. The number of thiophene rings is 1. The molecule has 2 fully saturated rings. The summed E-state index contributed by atoms with van der Waals surface area (Å²) in [7, 11) is 0. The van der Waals surface area contributed by atoms with E-state index in [0.717, 1.165) is 25.6 Å². The molecule has 2 N–H and O–H groups in total. The monoisotopic (exact) mass is 377 g/mol. The third kappa shape index (κ3) is 5.96. The molecular formula is C20H35N5S. The largest absolute Gasteiger partial charge is 0.357 e. The van der Waals surface area contributed by atoms with E-state index in [-0.39, 0.29) is 0 Å². The number of hydrogen-bond acceptors (Lipinski definition) is 4. The van der Waals surface area contributed by atoms with Gasteiger partial charge in [0.1, 0.15) is 0 Å². The number of aliphatic imine (C=N–C) groups is 1. The van der Waals surface area contributed by atoms with Crippen LogP contribution in [0.4, 0.5) is 0 Å². The molecule has 1 aromatic rings. The van der Waals surface area contributed by atoms with Gasteiger partial charge in [-0.1, -0.05) is 6.07 Å². The van der Waals surface area contributed by atoms with Crippen LogP contribution in [0.1, 0.15) is 49.9 Å². The lowest BCUT2D eigenvalue weighted by atomic mass is 10.2. The van der Waals surface area contributed by atoms with Gasteiger partial charge in [0.25, 0.3) is 0 Å². The summed E-state index contributed by atoms with van der Waals surface area (Å²) in [6.07, 6.45) is 6.57. The SMILES string of the molecule is CCNC(=NCC(c1cccs1)N1CCCC1)NCCCN1CCCC1. The Morgan fingerprint density at radius 3 is 2.62 bits per heavy atom. The Bertz CT molecular complexity index is 518. The number of likely N-dealkylation sites (tertiary alicyclic amines) is 2. The van der Waals surface area contributed by atoms with Crippen LogP contribution in [-0.4, -0.2) is 68.1 Å². The molecule has 0 spiro atoms. The van der Waals surface area contributed by atoms with Crippen LogP contribution in [0.25, 0.3) is 0 Å². The van der Waals surface area contributed by atoms with Gasteiger partial charge in [0, 0.05) is 18.0 Å². The topological polar surface area (TPSA) is 42.9 Å². The molecule has 1 atom stereocenters. The van der Waals surface area contributed by atoms with Crippen molar-refractivity contribution in [2.75, 3.05) is 52.4 Å². The van der Waals surface area contributed by atoms with Gasteiger partial charge in [-0.15, -0.1) is 11.3 Å². The van der Waals surface area contributed by atoms with Gasteiger partial charge in [0.05, 0.1) is 12.6 Å². The minimum absolute atomic E-state index is 0.428. The van der Waals surface area contributed by atoms with E-state index in [2.05, 4.69) is 44.9 Å². The molecule has 0 radical (unpaired) electrons. The molecule has 0 aromatic carbocycles. The average molecular weight is 378 g/mol. The summed E-state index contributed by atoms with van der Waals surface area (Å²) in [6.45, 7) is 11.1. The van der Waals surface area contributed by atoms with E-state index in [9.17, 15) is 0 Å². The van der Waals surface area contributed by atoms with Gasteiger partial charge in [-0.25, -0.2) is 0 Å². The molecule has 2 aliphatic heterocycles. The Kier molecular flexibility index (Phi) is 8.24.